The zero-order valence-electron chi connectivity index (χ0n) is 59.0. The second-order valence-corrected chi connectivity index (χ2v) is 27.9. The number of rotatable bonds is 21. The quantitative estimate of drug-likeness (QED) is 0.0236. The molecule has 8 aromatic heterocycles. The molecule has 10 rings (SSSR count). The molecule has 9 heterocycles. The predicted octanol–water partition coefficient (Wildman–Crippen LogP) is 10.6. The molecule has 104 heavy (non-hydrogen) atoms. The highest BCUT2D eigenvalue weighted by Gasteiger charge is 2.27. The number of anilines is 8. The van der Waals surface area contributed by atoms with Crippen LogP contribution in [0.4, 0.5) is 47.1 Å². The first-order valence-electron chi connectivity index (χ1n) is 30.9. The van der Waals surface area contributed by atoms with E-state index < -0.39 is 19.1 Å². The third kappa shape index (κ3) is 24.3. The number of thioether (sulfide) groups is 1. The number of nitrogens with two attached hydrogens (primary N) is 9. The van der Waals surface area contributed by atoms with E-state index in [9.17, 15) is 16.8 Å². The number of nitrogens with zero attached hydrogens (tertiary/aromatic N) is 12. The zero-order chi connectivity index (χ0) is 75.3. The lowest BCUT2D eigenvalue weighted by molar-refractivity contribution is 0.198. The van der Waals surface area contributed by atoms with Crippen LogP contribution in [0.3, 0.4) is 0 Å². The molecule has 0 spiro atoms. The molecule has 0 atom stereocenters. The highest BCUT2D eigenvalue weighted by molar-refractivity contribution is 8.13. The van der Waals surface area contributed by atoms with Gasteiger partial charge in [-0.15, -0.1) is 11.8 Å². The van der Waals surface area contributed by atoms with Gasteiger partial charge in [0.15, 0.2) is 63.5 Å². The van der Waals surface area contributed by atoms with Gasteiger partial charge in [-0.2, -0.15) is 19.9 Å². The summed E-state index contributed by atoms with van der Waals surface area (Å²) < 4.78 is 95.8. The van der Waals surface area contributed by atoms with Crippen LogP contribution in [0.25, 0.3) is 0 Å². The Kier molecular flexibility index (Phi) is 32.3. The molecular formula is C65H91ClN22O13S3. The Bertz CT molecular complexity index is 4420. The largest absolute Gasteiger partial charge is 0.481 e. The normalized spacial score (nSPS) is 11.6. The third-order valence-electron chi connectivity index (χ3n) is 13.7. The summed E-state index contributed by atoms with van der Waals surface area (Å²) in [4.78, 5) is 48.6. The van der Waals surface area contributed by atoms with Gasteiger partial charge >= 0.3 is 0 Å². The first kappa shape index (κ1) is 85.8. The van der Waals surface area contributed by atoms with Crippen molar-refractivity contribution < 1.29 is 59.5 Å². The number of primary sulfonamides is 1. The molecule has 1 aliphatic rings. The molecule has 9 aromatic rings. The van der Waals surface area contributed by atoms with Crippen molar-refractivity contribution in [3.05, 3.63) is 113 Å². The van der Waals surface area contributed by atoms with Gasteiger partial charge in [0, 0.05) is 53.4 Å². The van der Waals surface area contributed by atoms with Gasteiger partial charge < -0.3 is 94.7 Å². The van der Waals surface area contributed by atoms with Crippen LogP contribution in [0.5, 0.6) is 69.5 Å². The molecule has 0 radical (unpaired) electrons. The van der Waals surface area contributed by atoms with Crippen molar-refractivity contribution in [3.63, 3.8) is 0 Å². The van der Waals surface area contributed by atoms with Gasteiger partial charge in [-0.05, 0) is 55.1 Å². The van der Waals surface area contributed by atoms with Gasteiger partial charge in [0.1, 0.15) is 15.5 Å². The lowest BCUT2D eigenvalue weighted by Crippen LogP contribution is -2.15. The van der Waals surface area contributed by atoms with Crippen LogP contribution in [-0.4, -0.2) is 118 Å². The van der Waals surface area contributed by atoms with Gasteiger partial charge in [0.25, 0.3) is 9.05 Å². The van der Waals surface area contributed by atoms with Crippen LogP contribution < -0.4 is 95.1 Å². The summed E-state index contributed by atoms with van der Waals surface area (Å²) in [7, 11) is 3.07. The van der Waals surface area contributed by atoms with E-state index >= 15 is 0 Å². The van der Waals surface area contributed by atoms with Crippen molar-refractivity contribution in [2.75, 3.05) is 87.5 Å². The Balaban J connectivity index is 0.000000286. The van der Waals surface area contributed by atoms with Gasteiger partial charge in [0.05, 0.1) is 80.9 Å². The summed E-state index contributed by atoms with van der Waals surface area (Å²) in [5.74, 6) is 4.70. The lowest BCUT2D eigenvalue weighted by Gasteiger charge is -2.17. The number of aryl methyl sites for hydroxylation is 1. The van der Waals surface area contributed by atoms with Crippen LogP contribution in [0.15, 0.2) is 94.1 Å². The maximum atomic E-state index is 11.7. The fraction of sp³-hybridized carbons (Fsp3) is 0.354. The van der Waals surface area contributed by atoms with Crippen molar-refractivity contribution in [1.29, 1.82) is 0 Å². The highest BCUT2D eigenvalue weighted by atomic mass is 35.7. The summed E-state index contributed by atoms with van der Waals surface area (Å²) in [5, 5.41) is 5.20. The van der Waals surface area contributed by atoms with E-state index in [-0.39, 0.29) is 129 Å². The molecule has 0 saturated carbocycles. The first-order chi connectivity index (χ1) is 48.1. The van der Waals surface area contributed by atoms with Gasteiger partial charge in [-0.3, -0.25) is 0 Å². The first-order valence-corrected chi connectivity index (χ1v) is 35.8. The second kappa shape index (κ2) is 39.1. The number of sulfonamides is 1. The van der Waals surface area contributed by atoms with Gasteiger partial charge in [-0.25, -0.2) is 61.8 Å². The summed E-state index contributed by atoms with van der Waals surface area (Å²) >= 11 is 1.63. The fourth-order valence-electron chi connectivity index (χ4n) is 8.74. The van der Waals surface area contributed by atoms with E-state index in [1.165, 1.54) is 69.5 Å². The molecule has 0 aliphatic carbocycles. The molecule has 35 nitrogen and oxygen atoms in total. The van der Waals surface area contributed by atoms with E-state index in [0.717, 1.165) is 40.8 Å². The maximum absolute atomic E-state index is 11.7. The van der Waals surface area contributed by atoms with E-state index in [1.54, 1.807) is 26.0 Å². The Morgan fingerprint density at radius 2 is 0.779 bits per heavy atom. The number of methoxy groups -OCH3 is 4. The summed E-state index contributed by atoms with van der Waals surface area (Å²) in [6, 6.07) is 16.4. The molecule has 1 aliphatic heterocycles. The van der Waals surface area contributed by atoms with E-state index in [0.29, 0.717) is 46.1 Å². The second-order valence-electron chi connectivity index (χ2n) is 22.8. The number of ether oxygens (including phenoxy) is 9. The average Bonchev–Trinajstić information content (AvgIpc) is 0.815. The van der Waals surface area contributed by atoms with E-state index in [2.05, 4.69) is 71.9 Å². The number of hydrogen-bond donors (Lipinski definition) is 10. The highest BCUT2D eigenvalue weighted by Crippen LogP contribution is 2.42. The molecule has 1 saturated heterocycles. The topological polar surface area (TPSA) is 575 Å². The SMILES string of the molecule is C.C1CCOC1.COc1nc(C(C)C)c(Oc2cnc(N)nc2N)cc1C.COc1nc(C(C)C)c(Oc2cnc(N)nc2N)cc1S(=O)(=O)Cl.COc1nc(C(C)C)c(Oc2cnc(N)nc2N)cc1S(N)(=O)=O.COc1nc(C(C)C)c(Oc2cnc(N)nc2N)cc1SCc1ccccc1.N. The van der Waals surface area contributed by atoms with Crippen LogP contribution in [-0.2, 0) is 29.6 Å². The van der Waals surface area contributed by atoms with E-state index in [4.69, 9.17) is 104 Å². The molecular weight excluding hydrogens is 1430 g/mol. The Hall–Kier alpha value is -10.6. The number of halogens is 1. The van der Waals surface area contributed by atoms with Crippen LogP contribution in [0, 0.1) is 6.92 Å². The number of aromatic nitrogens is 12. The lowest BCUT2D eigenvalue weighted by atomic mass is 10.1. The van der Waals surface area contributed by atoms with E-state index in [1.807, 2.05) is 92.6 Å². The van der Waals surface area contributed by atoms with Crippen molar-refractivity contribution in [2.45, 2.75) is 127 Å². The van der Waals surface area contributed by atoms with Gasteiger partial charge in [0.2, 0.25) is 57.3 Å². The van der Waals surface area contributed by atoms with Crippen molar-refractivity contribution in [3.8, 4) is 69.5 Å². The standard InChI is InChI=1S/C20H23N5O2S.C14H19N5O2.C13H16ClN5O4S.C13H18N6O4S.C4H8O.CH4.H3N/c1-12(2)17-14(27-15-10-23-20(22)25-18(15)21)9-16(19(24-17)26-3)28-11-13-7-5-4-6-8-13;1-7(2)11-9(5-8(3)13(18-11)20-4)21-10-6-17-14(16)19-12(10)15;1-6(2)10-7(23-8-5-17-13(16)19-11(8)15)4-9(24(14,20)21)12(18-10)22-3;1-6(2)10-7(23-8-5-17-13(15)19-11(8)14)4-9(24(16,20)21)12(18-10)22-3;1-2-4-5-3-1;;/h4-10,12H,11H2,1-3H3,(H4,21,22,23,25);5-7H,1-4H3,(H4,15,16,17,19);4-6H,1-3H3,(H4,15,16,17,19);4-6H,1-3H3,(H2,16,20,21)(H4,14,15,17,19);1-4H2;1H4;1H3. The van der Waals surface area contributed by atoms with Crippen LogP contribution in [0.2, 0.25) is 0 Å². The monoisotopic (exact) mass is 1520 g/mol. The van der Waals surface area contributed by atoms with Crippen molar-refractivity contribution in [2.24, 2.45) is 5.14 Å². The molecule has 39 heteroatoms. The average molecular weight is 1520 g/mol. The van der Waals surface area contributed by atoms with Gasteiger partial charge in [-0.1, -0.05) is 93.1 Å². The molecule has 0 unspecified atom stereocenters. The Morgan fingerprint density at radius 3 is 1.09 bits per heavy atom. The fourth-order valence-corrected chi connectivity index (χ4v) is 11.3. The maximum Gasteiger partial charge on any atom is 0.266 e. The number of nitrogen functional groups attached to an aromatic ring is 8. The smallest absolute Gasteiger partial charge is 0.266 e. The minimum Gasteiger partial charge on any atom is -0.481 e. The predicted molar refractivity (Wildman–Crippen MR) is 400 cm³/mol. The Labute approximate surface area is 612 Å². The minimum atomic E-state index is -4.10. The van der Waals surface area contributed by atoms with Crippen LogP contribution in [0.1, 0.15) is 133 Å². The summed E-state index contributed by atoms with van der Waals surface area (Å²) in [6.07, 6.45) is 8.02. The number of hydrogen-bond acceptors (Lipinski definition) is 35. The van der Waals surface area contributed by atoms with Crippen molar-refractivity contribution in [1.82, 2.24) is 66.0 Å². The minimum absolute atomic E-state index is 0. The summed E-state index contributed by atoms with van der Waals surface area (Å²) in [6.45, 7) is 19.4. The Morgan fingerprint density at radius 1 is 0.462 bits per heavy atom. The molecule has 1 fully saturated rings. The van der Waals surface area contributed by atoms with Crippen molar-refractivity contribution >= 4 is 88.6 Å². The van der Waals surface area contributed by atoms with Crippen LogP contribution >= 0.6 is 22.4 Å². The zero-order valence-corrected chi connectivity index (χ0v) is 62.2. The number of benzene rings is 1. The molecule has 1 aromatic carbocycles. The molecule has 0 amide bonds. The summed E-state index contributed by atoms with van der Waals surface area (Å²) in [5.41, 5.74) is 49.6. The molecule has 21 N–H and O–H groups in total. The third-order valence-corrected chi connectivity index (χ3v) is 17.0. The molecule has 564 valence electrons. The number of pyridine rings is 4. The molecule has 0 bridgehead atoms.